The standard InChI is InChI=1S/C36H48N6O7/c1-21(2)31-36(48)41-32(22(3)4)35(47)38-23(5)20-49-28-13-7-6-12-26(28)33(45)39-27(17-29(43)40-31)34(46)37-18-24-10-8-11-25(16-24)19-42-15-9-14-30(42)44/h6-8,10-13,16,21-23,27,31-32H,9,14-15,17-20H2,1-5H3,(H,37,46)(H,38,47)(H,39,45)(H,40,43)(H,41,48)/t23-,27-,31-,32+/m0/s1. The summed E-state index contributed by atoms with van der Waals surface area (Å²) in [4.78, 5) is 81.2. The Hall–Kier alpha value is -4.94. The molecule has 5 N–H and O–H groups in total. The molecule has 0 radical (unpaired) electrons. The molecule has 4 atom stereocenters. The quantitative estimate of drug-likeness (QED) is 0.297. The van der Waals surface area contributed by atoms with Crippen LogP contribution in [0.4, 0.5) is 0 Å². The molecule has 0 aliphatic carbocycles. The summed E-state index contributed by atoms with van der Waals surface area (Å²) in [6, 6.07) is 10.3. The van der Waals surface area contributed by atoms with Gasteiger partial charge in [0.25, 0.3) is 5.91 Å². The Kier molecular flexibility index (Phi) is 12.8. The van der Waals surface area contributed by atoms with Crippen molar-refractivity contribution >= 4 is 35.4 Å². The molecule has 13 nitrogen and oxygen atoms in total. The van der Waals surface area contributed by atoms with Crippen molar-refractivity contribution in [1.82, 2.24) is 31.5 Å². The first-order valence-electron chi connectivity index (χ1n) is 16.9. The first-order valence-corrected chi connectivity index (χ1v) is 16.9. The van der Waals surface area contributed by atoms with Gasteiger partial charge in [0.05, 0.1) is 18.0 Å². The highest BCUT2D eigenvalue weighted by atomic mass is 16.5. The number of carbonyl (C=O) groups is 6. The second-order valence-corrected chi connectivity index (χ2v) is 13.4. The molecule has 4 rings (SSSR count). The number of nitrogens with one attached hydrogen (secondary N) is 5. The number of carbonyl (C=O) groups excluding carboxylic acids is 6. The van der Waals surface area contributed by atoms with Crippen LogP contribution in [0, 0.1) is 11.8 Å². The zero-order chi connectivity index (χ0) is 35.7. The van der Waals surface area contributed by atoms with Gasteiger partial charge in [0.2, 0.25) is 29.5 Å². The number of hydrogen-bond donors (Lipinski definition) is 5. The van der Waals surface area contributed by atoms with E-state index in [1.54, 1.807) is 63.8 Å². The first kappa shape index (κ1) is 36.9. The van der Waals surface area contributed by atoms with Crippen LogP contribution in [0.25, 0.3) is 0 Å². The van der Waals surface area contributed by atoms with Gasteiger partial charge in [-0.15, -0.1) is 0 Å². The Labute approximate surface area is 287 Å². The van der Waals surface area contributed by atoms with E-state index in [2.05, 4.69) is 26.6 Å². The summed E-state index contributed by atoms with van der Waals surface area (Å²) >= 11 is 0. The van der Waals surface area contributed by atoms with E-state index in [1.807, 2.05) is 24.3 Å². The average molecular weight is 677 g/mol. The summed E-state index contributed by atoms with van der Waals surface area (Å²) in [5.41, 5.74) is 1.85. The second kappa shape index (κ2) is 16.9. The van der Waals surface area contributed by atoms with Crippen LogP contribution in [0.2, 0.25) is 0 Å². The zero-order valence-corrected chi connectivity index (χ0v) is 28.8. The SMILES string of the molecule is CC(C)[C@@H]1NC(=O)C[C@@H](C(=O)NCc2cccc(CN3CCCC3=O)c2)NC(=O)c2ccccc2OC[C@H](C)NC(=O)[C@@H](C(C)C)NC1=O. The van der Waals surface area contributed by atoms with Crippen molar-refractivity contribution in [3.63, 3.8) is 0 Å². The van der Waals surface area contributed by atoms with E-state index >= 15 is 0 Å². The van der Waals surface area contributed by atoms with Crippen LogP contribution >= 0.6 is 0 Å². The predicted octanol–water partition coefficient (Wildman–Crippen LogP) is 1.79. The highest BCUT2D eigenvalue weighted by Crippen LogP contribution is 2.19. The summed E-state index contributed by atoms with van der Waals surface area (Å²) in [6.07, 6.45) is 0.923. The molecule has 0 bridgehead atoms. The number of rotatable bonds is 7. The van der Waals surface area contributed by atoms with Crippen LogP contribution < -0.4 is 31.3 Å². The maximum atomic E-state index is 13.6. The summed E-state index contributed by atoms with van der Waals surface area (Å²) < 4.78 is 5.93. The van der Waals surface area contributed by atoms with E-state index in [9.17, 15) is 28.8 Å². The maximum Gasteiger partial charge on any atom is 0.255 e. The lowest BCUT2D eigenvalue weighted by Gasteiger charge is -2.28. The topological polar surface area (TPSA) is 175 Å². The van der Waals surface area contributed by atoms with E-state index in [4.69, 9.17) is 4.74 Å². The number of ether oxygens (including phenoxy) is 1. The molecule has 49 heavy (non-hydrogen) atoms. The average Bonchev–Trinajstić information content (AvgIpc) is 3.46. The van der Waals surface area contributed by atoms with Gasteiger partial charge in [0.15, 0.2) is 0 Å². The van der Waals surface area contributed by atoms with Crippen LogP contribution in [0.3, 0.4) is 0 Å². The van der Waals surface area contributed by atoms with Crippen LogP contribution in [0.15, 0.2) is 48.5 Å². The third-order valence-corrected chi connectivity index (χ3v) is 8.54. The smallest absolute Gasteiger partial charge is 0.255 e. The van der Waals surface area contributed by atoms with Crippen molar-refractivity contribution < 1.29 is 33.5 Å². The Bertz CT molecular complexity index is 1540. The van der Waals surface area contributed by atoms with Gasteiger partial charge < -0.3 is 36.2 Å². The van der Waals surface area contributed by atoms with E-state index in [0.29, 0.717) is 19.5 Å². The lowest BCUT2D eigenvalue weighted by atomic mass is 9.99. The molecule has 0 spiro atoms. The van der Waals surface area contributed by atoms with Crippen molar-refractivity contribution in [2.45, 2.75) is 91.1 Å². The third-order valence-electron chi connectivity index (χ3n) is 8.54. The Balaban J connectivity index is 1.57. The number of benzene rings is 2. The molecule has 1 fully saturated rings. The van der Waals surface area contributed by atoms with Crippen LogP contribution in [0.1, 0.15) is 75.4 Å². The fourth-order valence-electron chi connectivity index (χ4n) is 5.79. The Morgan fingerprint density at radius 2 is 1.55 bits per heavy atom. The molecule has 2 aliphatic rings. The van der Waals surface area contributed by atoms with Gasteiger partial charge in [-0.1, -0.05) is 64.1 Å². The van der Waals surface area contributed by atoms with Gasteiger partial charge in [-0.25, -0.2) is 0 Å². The summed E-state index contributed by atoms with van der Waals surface area (Å²) in [6.45, 7) is 10.2. The van der Waals surface area contributed by atoms with Crippen LogP contribution in [0.5, 0.6) is 5.75 Å². The third kappa shape index (κ3) is 10.3. The lowest BCUT2D eigenvalue weighted by Crippen LogP contribution is -2.58. The van der Waals surface area contributed by atoms with Gasteiger partial charge in [-0.05, 0) is 48.4 Å². The number of para-hydroxylation sites is 1. The van der Waals surface area contributed by atoms with E-state index in [1.165, 1.54) is 0 Å². The zero-order valence-electron chi connectivity index (χ0n) is 28.8. The van der Waals surface area contributed by atoms with Gasteiger partial charge in [0, 0.05) is 26.1 Å². The molecule has 264 valence electrons. The number of likely N-dealkylation sites (tertiary alicyclic amines) is 1. The maximum absolute atomic E-state index is 13.6. The molecule has 0 unspecified atom stereocenters. The summed E-state index contributed by atoms with van der Waals surface area (Å²) in [5.74, 6) is -3.10. The Morgan fingerprint density at radius 1 is 0.878 bits per heavy atom. The Morgan fingerprint density at radius 3 is 2.24 bits per heavy atom. The van der Waals surface area contributed by atoms with Gasteiger partial charge in [-0.2, -0.15) is 0 Å². The number of amides is 6. The van der Waals surface area contributed by atoms with Crippen LogP contribution in [-0.2, 0) is 37.1 Å². The fourth-order valence-corrected chi connectivity index (χ4v) is 5.79. The predicted molar refractivity (Wildman–Crippen MR) is 182 cm³/mol. The molecule has 2 heterocycles. The normalized spacial score (nSPS) is 22.8. The number of fused-ring (bicyclic) bond motifs is 1. The monoisotopic (exact) mass is 676 g/mol. The van der Waals surface area contributed by atoms with Crippen molar-refractivity contribution in [2.24, 2.45) is 11.8 Å². The minimum absolute atomic E-state index is 0.0261. The van der Waals surface area contributed by atoms with E-state index < -0.39 is 60.1 Å². The minimum Gasteiger partial charge on any atom is -0.491 e. The van der Waals surface area contributed by atoms with Crippen molar-refractivity contribution in [3.8, 4) is 5.75 Å². The molecule has 6 amide bonds. The molecular formula is C36H48N6O7. The fraction of sp³-hybridized carbons (Fsp3) is 0.500. The molecule has 1 saturated heterocycles. The molecule has 2 aromatic rings. The first-order chi connectivity index (χ1) is 23.3. The largest absolute Gasteiger partial charge is 0.491 e. The van der Waals surface area contributed by atoms with E-state index in [-0.39, 0.29) is 42.2 Å². The van der Waals surface area contributed by atoms with Gasteiger partial charge in [0.1, 0.15) is 30.5 Å². The van der Waals surface area contributed by atoms with Crippen molar-refractivity contribution in [3.05, 3.63) is 65.2 Å². The molecule has 2 aliphatic heterocycles. The van der Waals surface area contributed by atoms with Crippen molar-refractivity contribution in [1.29, 1.82) is 0 Å². The number of hydrogen-bond acceptors (Lipinski definition) is 7. The lowest BCUT2D eigenvalue weighted by molar-refractivity contribution is -0.134. The molecular weight excluding hydrogens is 628 g/mol. The molecule has 0 saturated carbocycles. The second-order valence-electron chi connectivity index (χ2n) is 13.4. The molecule has 13 heteroatoms. The van der Waals surface area contributed by atoms with E-state index in [0.717, 1.165) is 17.5 Å². The van der Waals surface area contributed by atoms with Gasteiger partial charge in [-0.3, -0.25) is 28.8 Å². The highest BCUT2D eigenvalue weighted by molar-refractivity contribution is 6.01. The molecule has 0 aromatic heterocycles. The van der Waals surface area contributed by atoms with Crippen molar-refractivity contribution in [2.75, 3.05) is 13.2 Å². The number of nitrogens with zero attached hydrogens (tertiary/aromatic N) is 1. The summed E-state index contributed by atoms with van der Waals surface area (Å²) in [7, 11) is 0. The van der Waals surface area contributed by atoms with Gasteiger partial charge >= 0.3 is 0 Å². The van der Waals surface area contributed by atoms with Crippen LogP contribution in [-0.4, -0.2) is 77.7 Å². The summed E-state index contributed by atoms with van der Waals surface area (Å²) in [5, 5.41) is 13.9. The highest BCUT2D eigenvalue weighted by Gasteiger charge is 2.33. The minimum atomic E-state index is -1.30. The molecule has 2 aromatic carbocycles.